The summed E-state index contributed by atoms with van der Waals surface area (Å²) in [4.78, 5) is 26.6. The van der Waals surface area contributed by atoms with Crippen molar-refractivity contribution >= 4 is 21.5 Å². The largest absolute Gasteiger partial charge is 0.357 e. The summed E-state index contributed by atoms with van der Waals surface area (Å²) in [5.41, 5.74) is 0. The highest BCUT2D eigenvalue weighted by molar-refractivity contribution is 6.28. The first-order valence-electron chi connectivity index (χ1n) is 5.03. The summed E-state index contributed by atoms with van der Waals surface area (Å²) >= 11 is 0. The smallest absolute Gasteiger partial charge is 0.348 e. The van der Waals surface area contributed by atoms with Crippen molar-refractivity contribution in [1.29, 1.82) is 0 Å². The van der Waals surface area contributed by atoms with E-state index in [0.717, 1.165) is 6.42 Å². The van der Waals surface area contributed by atoms with Crippen LogP contribution in [0.25, 0.3) is 0 Å². The van der Waals surface area contributed by atoms with E-state index in [9.17, 15) is 9.59 Å². The maximum absolute atomic E-state index is 11.1. The molecular weight excluding hydrogens is 232 g/mol. The standard InChI is InChI=1S/C9H18O6Si/c1-4-5-7(10)6-8(11)14-15-16-9(12-2)13-3/h9H,4-6,16H2,1-3H3. The summed E-state index contributed by atoms with van der Waals surface area (Å²) in [5, 5.41) is 0. The van der Waals surface area contributed by atoms with Gasteiger partial charge >= 0.3 is 5.97 Å². The van der Waals surface area contributed by atoms with Crippen LogP contribution in [0.1, 0.15) is 26.2 Å². The van der Waals surface area contributed by atoms with Crippen molar-refractivity contribution in [1.82, 2.24) is 0 Å². The normalized spacial score (nSPS) is 11.2. The third kappa shape index (κ3) is 7.52. The van der Waals surface area contributed by atoms with E-state index in [1.807, 2.05) is 6.92 Å². The van der Waals surface area contributed by atoms with Crippen LogP contribution in [-0.4, -0.2) is 41.6 Å². The summed E-state index contributed by atoms with van der Waals surface area (Å²) in [7, 11) is 1.68. The lowest BCUT2D eigenvalue weighted by molar-refractivity contribution is -0.220. The van der Waals surface area contributed by atoms with Gasteiger partial charge in [-0.05, 0) is 6.42 Å². The molecule has 0 amide bonds. The summed E-state index contributed by atoms with van der Waals surface area (Å²) < 4.78 is 14.4. The molecule has 7 heteroatoms. The number of carbonyl (C=O) groups is 2. The van der Waals surface area contributed by atoms with Crippen LogP contribution in [-0.2, 0) is 28.5 Å². The average Bonchev–Trinajstić information content (AvgIpc) is 2.24. The lowest BCUT2D eigenvalue weighted by atomic mass is 10.2. The molecule has 0 spiro atoms. The molecule has 0 radical (unpaired) electrons. The Labute approximate surface area is 97.1 Å². The third-order valence-electron chi connectivity index (χ3n) is 1.75. The van der Waals surface area contributed by atoms with Gasteiger partial charge in [-0.15, -0.1) is 0 Å². The van der Waals surface area contributed by atoms with Crippen LogP contribution in [0.3, 0.4) is 0 Å². The van der Waals surface area contributed by atoms with Gasteiger partial charge in [0.05, 0.1) is 0 Å². The van der Waals surface area contributed by atoms with E-state index in [4.69, 9.17) is 14.1 Å². The molecular formula is C9H18O6Si. The Kier molecular flexibility index (Phi) is 9.01. The van der Waals surface area contributed by atoms with Gasteiger partial charge in [0.25, 0.3) is 9.76 Å². The van der Waals surface area contributed by atoms with Crippen LogP contribution in [0.4, 0.5) is 0 Å². The molecule has 16 heavy (non-hydrogen) atoms. The summed E-state index contributed by atoms with van der Waals surface area (Å²) in [6.07, 6.45) is 0.856. The number of rotatable bonds is 9. The van der Waals surface area contributed by atoms with Crippen molar-refractivity contribution in [3.8, 4) is 0 Å². The minimum atomic E-state index is -1.26. The van der Waals surface area contributed by atoms with Gasteiger partial charge in [0.15, 0.2) is 5.91 Å². The van der Waals surface area contributed by atoms with Crippen LogP contribution in [0.2, 0.25) is 0 Å². The molecule has 0 aliphatic rings. The molecule has 0 saturated heterocycles. The van der Waals surface area contributed by atoms with Gasteiger partial charge in [-0.3, -0.25) is 4.79 Å². The molecule has 0 heterocycles. The second kappa shape index (κ2) is 9.46. The highest BCUT2D eigenvalue weighted by Crippen LogP contribution is 1.97. The second-order valence-corrected chi connectivity index (χ2v) is 4.34. The maximum Gasteiger partial charge on any atom is 0.348 e. The molecule has 0 atom stereocenters. The van der Waals surface area contributed by atoms with Gasteiger partial charge < -0.3 is 14.4 Å². The number of ether oxygens (including phenoxy) is 2. The van der Waals surface area contributed by atoms with Crippen molar-refractivity contribution in [3.05, 3.63) is 0 Å². The van der Waals surface area contributed by atoms with E-state index in [0.29, 0.717) is 6.42 Å². The summed E-state index contributed by atoms with van der Waals surface area (Å²) in [6.45, 7) is 1.87. The van der Waals surface area contributed by atoms with Crippen LogP contribution in [0, 0.1) is 0 Å². The number of methoxy groups -OCH3 is 2. The number of hydrogen-bond acceptors (Lipinski definition) is 6. The van der Waals surface area contributed by atoms with Gasteiger partial charge in [-0.2, -0.15) is 0 Å². The first kappa shape index (κ1) is 15.2. The Hall–Kier alpha value is -0.763. The van der Waals surface area contributed by atoms with Crippen molar-refractivity contribution in [2.45, 2.75) is 32.1 Å². The summed E-state index contributed by atoms with van der Waals surface area (Å²) in [6, 6.07) is 0. The van der Waals surface area contributed by atoms with Crippen molar-refractivity contribution in [3.63, 3.8) is 0 Å². The van der Waals surface area contributed by atoms with E-state index in [2.05, 4.69) is 4.89 Å². The Balaban J connectivity index is 3.61. The van der Waals surface area contributed by atoms with Gasteiger partial charge in [-0.1, -0.05) is 6.92 Å². The SMILES string of the molecule is CCCC(=O)CC(=O)OO[SiH2]C(OC)OC. The lowest BCUT2D eigenvalue weighted by Crippen LogP contribution is -2.25. The summed E-state index contributed by atoms with van der Waals surface area (Å²) in [5.74, 6) is -1.27. The first-order valence-corrected chi connectivity index (χ1v) is 6.43. The van der Waals surface area contributed by atoms with Gasteiger partial charge in [0.1, 0.15) is 12.2 Å². The number of Topliss-reactive ketones (excluding diaryl/α,β-unsaturated/α-hetero) is 1. The molecule has 0 saturated carbocycles. The second-order valence-electron chi connectivity index (χ2n) is 3.11. The Morgan fingerprint density at radius 2 is 1.88 bits per heavy atom. The highest BCUT2D eigenvalue weighted by Gasteiger charge is 2.13. The zero-order valence-corrected chi connectivity index (χ0v) is 11.3. The van der Waals surface area contributed by atoms with Crippen molar-refractivity contribution in [2.24, 2.45) is 0 Å². The van der Waals surface area contributed by atoms with Gasteiger partial charge in [-0.25, -0.2) is 9.37 Å². The monoisotopic (exact) mass is 250 g/mol. The average molecular weight is 250 g/mol. The van der Waals surface area contributed by atoms with E-state index in [-0.39, 0.29) is 12.2 Å². The molecule has 0 unspecified atom stereocenters. The highest BCUT2D eigenvalue weighted by atomic mass is 28.2. The fraction of sp³-hybridized carbons (Fsp3) is 0.778. The topological polar surface area (TPSA) is 71.1 Å². The van der Waals surface area contributed by atoms with Gasteiger partial charge in [0.2, 0.25) is 0 Å². The molecule has 0 aliphatic carbocycles. The van der Waals surface area contributed by atoms with Gasteiger partial charge in [0, 0.05) is 20.6 Å². The molecule has 0 aromatic rings. The number of carbonyl (C=O) groups excluding carboxylic acids is 2. The van der Waals surface area contributed by atoms with Crippen LogP contribution >= 0.6 is 0 Å². The molecule has 0 rings (SSSR count). The van der Waals surface area contributed by atoms with Crippen molar-refractivity contribution in [2.75, 3.05) is 14.2 Å². The molecule has 0 bridgehead atoms. The number of ketones is 1. The number of hydrogen-bond donors (Lipinski definition) is 0. The van der Waals surface area contributed by atoms with E-state index in [1.54, 1.807) is 0 Å². The zero-order valence-electron chi connectivity index (χ0n) is 9.86. The Bertz CT molecular complexity index is 216. The van der Waals surface area contributed by atoms with E-state index >= 15 is 0 Å². The minimum absolute atomic E-state index is 0.146. The lowest BCUT2D eigenvalue weighted by Gasteiger charge is -2.11. The molecule has 0 aromatic carbocycles. The Morgan fingerprint density at radius 1 is 1.25 bits per heavy atom. The molecule has 94 valence electrons. The van der Waals surface area contributed by atoms with Crippen LogP contribution in [0.5, 0.6) is 0 Å². The molecule has 6 nitrogen and oxygen atoms in total. The van der Waals surface area contributed by atoms with E-state index < -0.39 is 21.6 Å². The molecule has 0 N–H and O–H groups in total. The molecule has 0 fully saturated rings. The Morgan fingerprint density at radius 3 is 2.38 bits per heavy atom. The fourth-order valence-electron chi connectivity index (χ4n) is 0.945. The quantitative estimate of drug-likeness (QED) is 0.187. The molecule has 0 aromatic heterocycles. The van der Waals surface area contributed by atoms with E-state index in [1.165, 1.54) is 14.2 Å². The minimum Gasteiger partial charge on any atom is -0.357 e. The van der Waals surface area contributed by atoms with Crippen LogP contribution < -0.4 is 0 Å². The predicted molar refractivity (Wildman–Crippen MR) is 58.1 cm³/mol. The predicted octanol–water partition coefficient (Wildman–Crippen LogP) is -0.119. The zero-order chi connectivity index (χ0) is 12.4. The first-order chi connectivity index (χ1) is 7.63. The molecule has 0 aliphatic heterocycles. The third-order valence-corrected chi connectivity index (χ3v) is 2.94. The maximum atomic E-state index is 11.1. The van der Waals surface area contributed by atoms with Crippen molar-refractivity contribution < 1.29 is 28.5 Å². The van der Waals surface area contributed by atoms with Crippen LogP contribution in [0.15, 0.2) is 0 Å². The fourth-order valence-corrected chi connectivity index (χ4v) is 1.53.